The van der Waals surface area contributed by atoms with Crippen LogP contribution in [0.5, 0.6) is 0 Å². The van der Waals surface area contributed by atoms with Crippen molar-refractivity contribution in [2.75, 3.05) is 0 Å². The van der Waals surface area contributed by atoms with Gasteiger partial charge in [0.25, 0.3) is 0 Å². The van der Waals surface area contributed by atoms with Gasteiger partial charge in [0.15, 0.2) is 0 Å². The molecular formula is C21H20IrN5. The molecule has 0 unspecified atom stereocenters. The topological polar surface area (TPSA) is 48.5 Å². The molecule has 0 N–H and O–H groups in total. The molecular weight excluding hydrogens is 514 g/mol. The van der Waals surface area contributed by atoms with Crippen molar-refractivity contribution >= 4 is 0 Å². The van der Waals surface area contributed by atoms with Gasteiger partial charge in [0.1, 0.15) is 0 Å². The molecule has 0 radical (unpaired) electrons. The molecule has 0 spiro atoms. The average molecular weight is 535 g/mol. The first-order valence-electron chi connectivity index (χ1n) is 8.32. The van der Waals surface area contributed by atoms with Crippen molar-refractivity contribution in [1.82, 2.24) is 24.5 Å². The van der Waals surface area contributed by atoms with E-state index < -0.39 is 0 Å². The minimum absolute atomic E-state index is 0. The summed E-state index contributed by atoms with van der Waals surface area (Å²) >= 11 is 0. The molecule has 138 valence electrons. The Labute approximate surface area is 173 Å². The van der Waals surface area contributed by atoms with Crippen molar-refractivity contribution in [2.24, 2.45) is 0 Å². The maximum absolute atomic E-state index is 4.45. The van der Waals surface area contributed by atoms with Crippen molar-refractivity contribution in [3.63, 3.8) is 0 Å². The molecule has 1 aromatic carbocycles. The molecule has 0 fully saturated rings. The number of aromatic nitrogens is 5. The van der Waals surface area contributed by atoms with E-state index in [2.05, 4.69) is 54.4 Å². The first kappa shape index (κ1) is 20.7. The first-order valence-corrected chi connectivity index (χ1v) is 8.32. The van der Waals surface area contributed by atoms with Crippen molar-refractivity contribution in [1.29, 1.82) is 0 Å². The van der Waals surface area contributed by atoms with Crippen LogP contribution in [0.4, 0.5) is 0 Å². The second kappa shape index (κ2) is 9.40. The number of benzene rings is 1. The van der Waals surface area contributed by atoms with E-state index in [0.717, 1.165) is 17.2 Å². The van der Waals surface area contributed by atoms with E-state index in [9.17, 15) is 0 Å². The number of rotatable bonds is 2. The van der Waals surface area contributed by atoms with E-state index in [1.165, 1.54) is 0 Å². The number of para-hydroxylation sites is 1. The second-order valence-corrected chi connectivity index (χ2v) is 6.63. The third kappa shape index (κ3) is 5.71. The van der Waals surface area contributed by atoms with E-state index >= 15 is 0 Å². The van der Waals surface area contributed by atoms with E-state index in [1.54, 1.807) is 27.8 Å². The molecule has 0 saturated heterocycles. The summed E-state index contributed by atoms with van der Waals surface area (Å²) in [6.07, 6.45) is 9.45. The van der Waals surface area contributed by atoms with Gasteiger partial charge in [-0.1, -0.05) is 51.5 Å². The monoisotopic (exact) mass is 535 g/mol. The maximum atomic E-state index is 4.45. The zero-order valence-electron chi connectivity index (χ0n) is 15.4. The van der Waals surface area contributed by atoms with Gasteiger partial charge in [-0.2, -0.15) is 23.9 Å². The van der Waals surface area contributed by atoms with Crippen LogP contribution >= 0.6 is 0 Å². The van der Waals surface area contributed by atoms with E-state index in [1.807, 2.05) is 48.5 Å². The zero-order valence-corrected chi connectivity index (χ0v) is 17.8. The fraction of sp³-hybridized carbons (Fsp3) is 0.190. The molecule has 0 amide bonds. The van der Waals surface area contributed by atoms with Gasteiger partial charge in [-0.25, -0.2) is 12.1 Å². The first-order chi connectivity index (χ1) is 12.5. The molecule has 4 aromatic rings. The number of hydrogen-bond donors (Lipinski definition) is 0. The van der Waals surface area contributed by atoms with E-state index in [4.69, 9.17) is 0 Å². The Balaban J connectivity index is 0.000000194. The Morgan fingerprint density at radius 1 is 0.889 bits per heavy atom. The van der Waals surface area contributed by atoms with Gasteiger partial charge < -0.3 is 14.3 Å². The van der Waals surface area contributed by atoms with Gasteiger partial charge in [-0.15, -0.1) is 12.1 Å². The average Bonchev–Trinajstić information content (AvgIpc) is 3.35. The van der Waals surface area contributed by atoms with Gasteiger partial charge in [0.05, 0.1) is 5.82 Å². The van der Waals surface area contributed by atoms with Crippen LogP contribution in [0.15, 0.2) is 67.0 Å². The van der Waals surface area contributed by atoms with Crippen LogP contribution in [0, 0.1) is 18.5 Å². The minimum Gasteiger partial charge on any atom is -0.384 e. The Morgan fingerprint density at radius 2 is 1.70 bits per heavy atom. The third-order valence-electron chi connectivity index (χ3n) is 3.54. The maximum Gasteiger partial charge on any atom is 3.00 e. The fourth-order valence-corrected chi connectivity index (χ4v) is 2.14. The van der Waals surface area contributed by atoms with Gasteiger partial charge in [-0.05, 0) is 17.2 Å². The van der Waals surface area contributed by atoms with Gasteiger partial charge >= 0.3 is 20.1 Å². The van der Waals surface area contributed by atoms with Gasteiger partial charge in [0.2, 0.25) is 0 Å². The van der Waals surface area contributed by atoms with Crippen LogP contribution in [-0.4, -0.2) is 24.5 Å². The second-order valence-electron chi connectivity index (χ2n) is 6.63. The minimum atomic E-state index is 0. The number of pyridine rings is 1. The van der Waals surface area contributed by atoms with Gasteiger partial charge in [-0.3, -0.25) is 10.2 Å². The fourth-order valence-electron chi connectivity index (χ4n) is 2.14. The number of nitrogens with zero attached hydrogens (tertiary/aromatic N) is 5. The quantitative estimate of drug-likeness (QED) is 0.368. The van der Waals surface area contributed by atoms with Crippen LogP contribution in [0.2, 0.25) is 0 Å². The van der Waals surface area contributed by atoms with E-state index in [0.29, 0.717) is 0 Å². The summed E-state index contributed by atoms with van der Waals surface area (Å²) in [7, 11) is 0. The molecule has 5 nitrogen and oxygen atoms in total. The summed E-state index contributed by atoms with van der Waals surface area (Å²) in [6.45, 7) is 6.39. The third-order valence-corrected chi connectivity index (χ3v) is 3.54. The Bertz CT molecular complexity index is 910. The smallest absolute Gasteiger partial charge is 0.384 e. The van der Waals surface area contributed by atoms with Crippen molar-refractivity contribution in [3.05, 3.63) is 91.1 Å². The summed E-state index contributed by atoms with van der Waals surface area (Å²) in [5.41, 5.74) is 1.99. The number of hydrogen-bond acceptors (Lipinski definition) is 3. The van der Waals surface area contributed by atoms with Crippen LogP contribution in [0.25, 0.3) is 11.5 Å². The van der Waals surface area contributed by atoms with Crippen LogP contribution < -0.4 is 0 Å². The molecule has 3 aromatic heterocycles. The van der Waals surface area contributed by atoms with Crippen LogP contribution in [-0.2, 0) is 25.5 Å². The summed E-state index contributed by atoms with van der Waals surface area (Å²) < 4.78 is 3.33. The molecule has 0 aliphatic carbocycles. The predicted molar refractivity (Wildman–Crippen MR) is 100 cm³/mol. The molecule has 0 aliphatic rings. The van der Waals surface area contributed by atoms with Crippen LogP contribution in [0.3, 0.4) is 0 Å². The molecule has 0 saturated carbocycles. The SMILES string of the molecule is CC(C)(C)c1c[c-]n(-c2ccccn2)n1.[Ir+3].[c-]1ccccc1-n1[c-]ccn1. The van der Waals surface area contributed by atoms with Crippen LogP contribution in [0.1, 0.15) is 26.5 Å². The standard InChI is InChI=1S/C12H14N3.C9H6N2.Ir/c1-12(2,3)10-7-9-15(14-10)11-6-4-5-8-13-11;1-2-5-9(6-3-1)11-8-4-7-10-11;/h4-8H,1-3H3;1-5,7H;/q-1;-2;+3. The summed E-state index contributed by atoms with van der Waals surface area (Å²) in [5, 5.41) is 8.47. The largest absolute Gasteiger partial charge is 3.00 e. The Morgan fingerprint density at radius 3 is 2.26 bits per heavy atom. The molecule has 0 bridgehead atoms. The molecule has 27 heavy (non-hydrogen) atoms. The normalized spacial score (nSPS) is 10.5. The Kier molecular flexibility index (Phi) is 7.22. The molecule has 4 rings (SSSR count). The van der Waals surface area contributed by atoms with Crippen molar-refractivity contribution in [3.8, 4) is 11.5 Å². The van der Waals surface area contributed by atoms with Crippen molar-refractivity contribution < 1.29 is 20.1 Å². The molecule has 6 heteroatoms. The summed E-state index contributed by atoms with van der Waals surface area (Å²) in [5.74, 6) is 0.799. The summed E-state index contributed by atoms with van der Waals surface area (Å²) in [4.78, 5) is 4.21. The predicted octanol–water partition coefficient (Wildman–Crippen LogP) is 3.84. The summed E-state index contributed by atoms with van der Waals surface area (Å²) in [6, 6.07) is 20.1. The molecule has 0 atom stereocenters. The molecule has 3 heterocycles. The molecule has 0 aliphatic heterocycles. The Hall–Kier alpha value is -2.56. The zero-order chi connectivity index (χ0) is 18.4. The van der Waals surface area contributed by atoms with E-state index in [-0.39, 0.29) is 25.5 Å². The van der Waals surface area contributed by atoms with Crippen molar-refractivity contribution in [2.45, 2.75) is 26.2 Å². The van der Waals surface area contributed by atoms with Gasteiger partial charge in [0, 0.05) is 6.20 Å².